The first-order chi connectivity index (χ1) is 9.71. The molecule has 1 rings (SSSR count). The average Bonchev–Trinajstić information content (AvgIpc) is 2.42. The summed E-state index contributed by atoms with van der Waals surface area (Å²) < 4.78 is 0.438. The maximum atomic E-state index is 12.5. The molecule has 0 atom stereocenters. The molecule has 138 valence electrons. The van der Waals surface area contributed by atoms with Gasteiger partial charge in [0, 0.05) is 32.3 Å². The summed E-state index contributed by atoms with van der Waals surface area (Å²) in [6.07, 6.45) is 2.53. The molecule has 0 aromatic rings. The van der Waals surface area contributed by atoms with Crippen LogP contribution in [0.4, 0.5) is 0 Å². The molecule has 1 aliphatic rings. The Morgan fingerprint density at radius 3 is 0.870 bits per heavy atom. The van der Waals surface area contributed by atoms with E-state index in [-0.39, 0.29) is 8.57 Å². The lowest BCUT2D eigenvalue weighted by molar-refractivity contribution is 0.541. The Morgan fingerprint density at radius 2 is 0.783 bits per heavy atom. The summed E-state index contributed by atoms with van der Waals surface area (Å²) in [7, 11) is -8.90. The Morgan fingerprint density at radius 1 is 0.609 bits per heavy atom. The van der Waals surface area contributed by atoms with Gasteiger partial charge in [-0.1, -0.05) is 91.4 Å². The number of hydrogen-bond donors (Lipinski definition) is 2. The van der Waals surface area contributed by atoms with Gasteiger partial charge in [0.15, 0.2) is 0 Å². The van der Waals surface area contributed by atoms with Crippen LogP contribution in [0, 0.1) is 0 Å². The van der Waals surface area contributed by atoms with E-state index in [0.29, 0.717) is 0 Å². The molecular formula is C16H42OSSi5. The molecule has 0 spiro atoms. The zero-order valence-electron chi connectivity index (χ0n) is 17.8. The van der Waals surface area contributed by atoms with E-state index in [1.54, 1.807) is 0 Å². The molecule has 0 unspecified atom stereocenters. The van der Waals surface area contributed by atoms with E-state index in [1.807, 2.05) is 0 Å². The van der Waals surface area contributed by atoms with Crippen molar-refractivity contribution in [2.45, 2.75) is 100.0 Å². The molecule has 0 aromatic heterocycles. The number of thiol groups is 1. The van der Waals surface area contributed by atoms with Crippen LogP contribution in [-0.4, -0.2) is 44.6 Å². The molecule has 0 aliphatic carbocycles. The topological polar surface area (TPSA) is 20.2 Å². The summed E-state index contributed by atoms with van der Waals surface area (Å²) in [5, 5.41) is 0. The summed E-state index contributed by atoms with van der Waals surface area (Å²) in [5.74, 6) is 0. The third-order valence-electron chi connectivity index (χ3n) is 7.19. The fourth-order valence-electron chi connectivity index (χ4n) is 6.93. The molecule has 1 nitrogen and oxygen atoms in total. The standard InChI is InChI=1S/C16H42OSSi5/c1-19(2,3)15(20(4,5)6)13-14-16(21(7,8)9,22(10,11)12)23(15,17)18/h17-18H,13-14H2,1-12H3. The maximum Gasteiger partial charge on any atom is 0.249 e. The smallest absolute Gasteiger partial charge is 0.249 e. The largest absolute Gasteiger partial charge is 0.423 e. The molecule has 1 saturated heterocycles. The molecular weight excluding hydrogens is 381 g/mol. The highest BCUT2D eigenvalue weighted by atomic mass is 32.3. The van der Waals surface area contributed by atoms with E-state index in [2.05, 4.69) is 78.6 Å². The summed E-state index contributed by atoms with van der Waals surface area (Å²) in [5.41, 5.74) is 0. The quantitative estimate of drug-likeness (QED) is 0.412. The normalized spacial score (nSPS) is 24.8. The van der Waals surface area contributed by atoms with Crippen LogP contribution in [0.15, 0.2) is 0 Å². The first-order valence-corrected chi connectivity index (χ1v) is 26.4. The van der Waals surface area contributed by atoms with Crippen LogP contribution in [-0.2, 0) is 0 Å². The highest BCUT2D eigenvalue weighted by Crippen LogP contribution is 2.75. The second kappa shape index (κ2) is 5.69. The Hall–Kier alpha value is 1.39. The Kier molecular flexibility index (Phi) is 5.55. The van der Waals surface area contributed by atoms with Gasteiger partial charge in [0.1, 0.15) is 0 Å². The molecule has 0 amide bonds. The lowest BCUT2D eigenvalue weighted by Crippen LogP contribution is -2.74. The van der Waals surface area contributed by atoms with Crippen LogP contribution in [0.25, 0.3) is 0 Å². The van der Waals surface area contributed by atoms with Crippen molar-refractivity contribution in [3.05, 3.63) is 0 Å². The Labute approximate surface area is 156 Å². The lowest BCUT2D eigenvalue weighted by atomic mass is 10.4. The van der Waals surface area contributed by atoms with Crippen molar-refractivity contribution in [2.75, 3.05) is 0 Å². The molecule has 0 radical (unpaired) electrons. The molecule has 0 aromatic carbocycles. The second-order valence-electron chi connectivity index (χ2n) is 12.0. The minimum atomic E-state index is -2.70. The predicted octanol–water partition coefficient (Wildman–Crippen LogP) is 6.13. The summed E-state index contributed by atoms with van der Waals surface area (Å²) >= 11 is 5.42. The van der Waals surface area contributed by atoms with E-state index in [1.165, 1.54) is 12.8 Å². The SMILES string of the molecule is C[Si](C)(C)C1([Si](C)(C)C)CCC([Si](C)(C)C)([Si](C)(C)C)[Si]1(O)S. The van der Waals surface area contributed by atoms with E-state index >= 15 is 0 Å². The predicted molar refractivity (Wildman–Crippen MR) is 125 cm³/mol. The molecule has 23 heavy (non-hydrogen) atoms. The zero-order chi connectivity index (χ0) is 18.9. The highest BCUT2D eigenvalue weighted by Gasteiger charge is 2.80. The van der Waals surface area contributed by atoms with Crippen molar-refractivity contribution >= 4 is 51.8 Å². The first kappa shape index (κ1) is 22.4. The molecule has 0 bridgehead atoms. The fourth-order valence-corrected chi connectivity index (χ4v) is 63.6. The third-order valence-corrected chi connectivity index (χ3v) is 48.5. The van der Waals surface area contributed by atoms with Crippen molar-refractivity contribution in [3.63, 3.8) is 0 Å². The van der Waals surface area contributed by atoms with Crippen LogP contribution in [0.1, 0.15) is 12.8 Å². The van der Waals surface area contributed by atoms with Crippen LogP contribution in [0.3, 0.4) is 0 Å². The van der Waals surface area contributed by atoms with Gasteiger partial charge in [0.25, 0.3) is 0 Å². The van der Waals surface area contributed by atoms with Gasteiger partial charge in [-0.15, -0.1) is 0 Å². The molecule has 0 saturated carbocycles. The van der Waals surface area contributed by atoms with Gasteiger partial charge in [0.05, 0.1) is 0 Å². The minimum absolute atomic E-state index is 0.219. The summed E-state index contributed by atoms with van der Waals surface area (Å²) in [4.78, 5) is 12.5. The van der Waals surface area contributed by atoms with Crippen LogP contribution in [0.5, 0.6) is 0 Å². The minimum Gasteiger partial charge on any atom is -0.423 e. The van der Waals surface area contributed by atoms with E-state index in [4.69, 9.17) is 12.1 Å². The van der Waals surface area contributed by atoms with Gasteiger partial charge < -0.3 is 4.80 Å². The van der Waals surface area contributed by atoms with Crippen molar-refractivity contribution in [1.29, 1.82) is 0 Å². The van der Waals surface area contributed by atoms with Gasteiger partial charge in [-0.25, -0.2) is 0 Å². The van der Waals surface area contributed by atoms with Crippen molar-refractivity contribution in [3.8, 4) is 0 Å². The van der Waals surface area contributed by atoms with Gasteiger partial charge in [-0.2, -0.15) is 12.1 Å². The Balaban J connectivity index is 3.88. The lowest BCUT2D eigenvalue weighted by Gasteiger charge is -2.62. The van der Waals surface area contributed by atoms with Crippen LogP contribution < -0.4 is 0 Å². The maximum absolute atomic E-state index is 12.5. The van der Waals surface area contributed by atoms with E-state index < -0.39 is 39.8 Å². The van der Waals surface area contributed by atoms with Gasteiger partial charge in [-0.05, 0) is 8.57 Å². The van der Waals surface area contributed by atoms with Crippen LogP contribution in [0.2, 0.25) is 87.1 Å². The van der Waals surface area contributed by atoms with Crippen molar-refractivity contribution < 1.29 is 4.80 Å². The van der Waals surface area contributed by atoms with Gasteiger partial charge in [0.2, 0.25) is 7.47 Å². The monoisotopic (exact) mass is 422 g/mol. The first-order valence-electron chi connectivity index (χ1n) is 9.15. The van der Waals surface area contributed by atoms with Gasteiger partial charge in [-0.3, -0.25) is 0 Å². The zero-order valence-corrected chi connectivity index (χ0v) is 23.7. The third kappa shape index (κ3) is 2.75. The van der Waals surface area contributed by atoms with Crippen LogP contribution >= 0.6 is 12.1 Å². The fraction of sp³-hybridized carbons (Fsp3) is 1.00. The Bertz CT molecular complexity index is 393. The average molecular weight is 423 g/mol. The summed E-state index contributed by atoms with van der Waals surface area (Å²) in [6, 6.07) is 0. The van der Waals surface area contributed by atoms with Crippen molar-refractivity contribution in [1.82, 2.24) is 0 Å². The number of hydrogen-bond acceptors (Lipinski definition) is 2. The van der Waals surface area contributed by atoms with Crippen molar-refractivity contribution in [2.24, 2.45) is 0 Å². The molecule has 7 heteroatoms. The molecule has 1 fully saturated rings. The molecule has 1 aliphatic heterocycles. The van der Waals surface area contributed by atoms with Gasteiger partial charge >= 0.3 is 0 Å². The highest BCUT2D eigenvalue weighted by molar-refractivity contribution is 8.15. The molecule has 1 N–H and O–H groups in total. The molecule has 1 heterocycles. The van der Waals surface area contributed by atoms with E-state index in [0.717, 1.165) is 0 Å². The number of rotatable bonds is 4. The second-order valence-corrected chi connectivity index (χ2v) is 41.4. The summed E-state index contributed by atoms with van der Waals surface area (Å²) in [6.45, 7) is 30.2. The van der Waals surface area contributed by atoms with E-state index in [9.17, 15) is 4.80 Å².